The van der Waals surface area contributed by atoms with Crippen LogP contribution in [0, 0.1) is 8.34 Å². The van der Waals surface area contributed by atoms with E-state index < -0.39 is 0 Å². The van der Waals surface area contributed by atoms with Crippen LogP contribution in [-0.4, -0.2) is 15.7 Å². The van der Waals surface area contributed by atoms with E-state index in [1.165, 1.54) is 9.13 Å². The average Bonchev–Trinajstić information content (AvgIpc) is 3.00. The van der Waals surface area contributed by atoms with Gasteiger partial charge in [0.05, 0.1) is 17.6 Å². The number of fused-ring (bicyclic) bond motifs is 2. The molecule has 3 aromatic rings. The number of hydrogen-bond acceptors (Lipinski definition) is 2. The molecule has 1 atom stereocenters. The summed E-state index contributed by atoms with van der Waals surface area (Å²) in [7, 11) is 0. The fourth-order valence-corrected chi connectivity index (χ4v) is 3.65. The second-order valence-electron chi connectivity index (χ2n) is 5.25. The lowest BCUT2D eigenvalue weighted by molar-refractivity contribution is 0.210. The van der Waals surface area contributed by atoms with E-state index in [4.69, 9.17) is 17.0 Å². The Morgan fingerprint density at radius 3 is 3.00 bits per heavy atom. The van der Waals surface area contributed by atoms with Crippen molar-refractivity contribution >= 4 is 45.8 Å². The van der Waals surface area contributed by atoms with Gasteiger partial charge in [-0.3, -0.25) is 0 Å². The Morgan fingerprint density at radius 1 is 1.29 bits per heavy atom. The molecule has 21 heavy (non-hydrogen) atoms. The number of halogens is 1. The van der Waals surface area contributed by atoms with Crippen LogP contribution in [0.5, 0.6) is 5.75 Å². The zero-order valence-corrected chi connectivity index (χ0v) is 14.1. The predicted molar refractivity (Wildman–Crippen MR) is 94.4 cm³/mol. The number of rotatable bonds is 2. The topological polar surface area (TPSA) is 29.9 Å². The molecule has 106 valence electrons. The van der Waals surface area contributed by atoms with Crippen molar-refractivity contribution in [2.45, 2.75) is 19.1 Å². The number of aromatic nitrogens is 2. The van der Waals surface area contributed by atoms with Crippen LogP contribution in [0.3, 0.4) is 0 Å². The molecule has 2 heterocycles. The van der Waals surface area contributed by atoms with Gasteiger partial charge in [0, 0.05) is 9.99 Å². The molecule has 0 saturated carbocycles. The van der Waals surface area contributed by atoms with E-state index in [1.54, 1.807) is 0 Å². The maximum absolute atomic E-state index is 6.03. The summed E-state index contributed by atoms with van der Waals surface area (Å²) in [5.74, 6) is 1.00. The first-order chi connectivity index (χ1) is 10.2. The smallest absolute Gasteiger partial charge is 0.178 e. The Hall–Kier alpha value is -1.34. The Bertz CT molecular complexity index is 858. The van der Waals surface area contributed by atoms with Crippen molar-refractivity contribution in [3.63, 3.8) is 0 Å². The molecule has 0 spiro atoms. The van der Waals surface area contributed by atoms with E-state index in [0.717, 1.165) is 34.5 Å². The summed E-state index contributed by atoms with van der Waals surface area (Å²) in [6.45, 7) is 0.772. The second-order valence-corrected chi connectivity index (χ2v) is 6.89. The van der Waals surface area contributed by atoms with E-state index in [2.05, 4.69) is 62.5 Å². The molecule has 3 nitrogen and oxygen atoms in total. The van der Waals surface area contributed by atoms with Crippen LogP contribution in [0.4, 0.5) is 0 Å². The van der Waals surface area contributed by atoms with Crippen LogP contribution in [0.15, 0.2) is 42.5 Å². The van der Waals surface area contributed by atoms with E-state index in [0.29, 0.717) is 0 Å². The van der Waals surface area contributed by atoms with Crippen molar-refractivity contribution in [2.75, 3.05) is 0 Å². The Balaban J connectivity index is 1.67. The Morgan fingerprint density at radius 2 is 2.14 bits per heavy atom. The summed E-state index contributed by atoms with van der Waals surface area (Å²) in [6.07, 6.45) is 1.09. The molecule has 1 aliphatic rings. The van der Waals surface area contributed by atoms with Gasteiger partial charge in [0.15, 0.2) is 4.77 Å². The van der Waals surface area contributed by atoms with Crippen molar-refractivity contribution in [1.29, 1.82) is 0 Å². The van der Waals surface area contributed by atoms with Crippen LogP contribution >= 0.6 is 34.8 Å². The lowest BCUT2D eigenvalue weighted by Gasteiger charge is -2.12. The maximum atomic E-state index is 6.03. The first-order valence-electron chi connectivity index (χ1n) is 6.83. The minimum atomic E-state index is 0.146. The van der Waals surface area contributed by atoms with Crippen molar-refractivity contribution in [1.82, 2.24) is 9.55 Å². The Kier molecular flexibility index (Phi) is 3.26. The summed E-state index contributed by atoms with van der Waals surface area (Å²) in [5.41, 5.74) is 3.51. The minimum Gasteiger partial charge on any atom is -0.488 e. The van der Waals surface area contributed by atoms with Gasteiger partial charge in [-0.1, -0.05) is 18.2 Å². The molecule has 1 aromatic heterocycles. The number of benzene rings is 2. The van der Waals surface area contributed by atoms with Crippen LogP contribution < -0.4 is 4.74 Å². The van der Waals surface area contributed by atoms with Gasteiger partial charge in [-0.15, -0.1) is 0 Å². The molecule has 0 fully saturated rings. The first kappa shape index (κ1) is 13.3. The van der Waals surface area contributed by atoms with Gasteiger partial charge in [-0.2, -0.15) is 0 Å². The fraction of sp³-hybridized carbons (Fsp3) is 0.188. The van der Waals surface area contributed by atoms with Gasteiger partial charge in [-0.25, -0.2) is 0 Å². The second kappa shape index (κ2) is 5.14. The highest BCUT2D eigenvalue weighted by Gasteiger charge is 2.23. The van der Waals surface area contributed by atoms with Gasteiger partial charge in [-0.05, 0) is 64.6 Å². The molecule has 0 amide bonds. The third-order valence-electron chi connectivity index (χ3n) is 3.84. The van der Waals surface area contributed by atoms with Gasteiger partial charge in [0.1, 0.15) is 11.9 Å². The summed E-state index contributed by atoms with van der Waals surface area (Å²) >= 11 is 7.78. The SMILES string of the molecule is S=c1[nH]c2cc(I)ccc2n1CC1Cc2ccccc2O1. The summed E-state index contributed by atoms with van der Waals surface area (Å²) in [6, 6.07) is 14.6. The summed E-state index contributed by atoms with van der Waals surface area (Å²) < 4.78 is 10.1. The number of aromatic amines is 1. The number of nitrogens with one attached hydrogen (secondary N) is 1. The predicted octanol–water partition coefficient (Wildman–Crippen LogP) is 4.31. The number of imidazole rings is 1. The fourth-order valence-electron chi connectivity index (χ4n) is 2.88. The van der Waals surface area contributed by atoms with Gasteiger partial charge < -0.3 is 14.3 Å². The van der Waals surface area contributed by atoms with E-state index in [9.17, 15) is 0 Å². The standard InChI is InChI=1S/C16H13IN2OS/c17-11-5-6-14-13(8-11)18-16(21)19(14)9-12-7-10-3-1-2-4-15(10)20-12/h1-6,8,12H,7,9H2,(H,18,21). The molecule has 0 bridgehead atoms. The molecule has 0 aliphatic carbocycles. The van der Waals surface area contributed by atoms with Crippen LogP contribution in [0.1, 0.15) is 5.56 Å². The van der Waals surface area contributed by atoms with Crippen LogP contribution in [-0.2, 0) is 13.0 Å². The number of hydrogen-bond donors (Lipinski definition) is 1. The molecular formula is C16H13IN2OS. The van der Waals surface area contributed by atoms with Gasteiger partial charge >= 0.3 is 0 Å². The zero-order chi connectivity index (χ0) is 14.4. The van der Waals surface area contributed by atoms with Crippen molar-refractivity contribution < 1.29 is 4.74 Å². The highest BCUT2D eigenvalue weighted by Crippen LogP contribution is 2.29. The molecular weight excluding hydrogens is 395 g/mol. The molecule has 0 radical (unpaired) electrons. The lowest BCUT2D eigenvalue weighted by Crippen LogP contribution is -2.20. The largest absolute Gasteiger partial charge is 0.488 e. The zero-order valence-electron chi connectivity index (χ0n) is 11.2. The maximum Gasteiger partial charge on any atom is 0.178 e. The molecule has 1 aliphatic heterocycles. The number of H-pyrrole nitrogens is 1. The molecule has 0 saturated heterocycles. The lowest BCUT2D eigenvalue weighted by atomic mass is 10.1. The van der Waals surface area contributed by atoms with E-state index in [-0.39, 0.29) is 6.10 Å². The van der Waals surface area contributed by atoms with Crippen LogP contribution in [0.25, 0.3) is 11.0 Å². The number of nitrogens with zero attached hydrogens (tertiary/aromatic N) is 1. The van der Waals surface area contributed by atoms with Crippen molar-refractivity contribution in [2.24, 2.45) is 0 Å². The number of ether oxygens (including phenoxy) is 1. The van der Waals surface area contributed by atoms with E-state index >= 15 is 0 Å². The van der Waals surface area contributed by atoms with Gasteiger partial charge in [0.25, 0.3) is 0 Å². The summed E-state index contributed by atoms with van der Waals surface area (Å²) in [4.78, 5) is 3.28. The molecule has 4 rings (SSSR count). The van der Waals surface area contributed by atoms with E-state index in [1.807, 2.05) is 12.1 Å². The normalized spacial score (nSPS) is 16.9. The third kappa shape index (κ3) is 2.38. The molecule has 2 aromatic carbocycles. The molecule has 1 N–H and O–H groups in total. The van der Waals surface area contributed by atoms with Crippen LogP contribution in [0.2, 0.25) is 0 Å². The third-order valence-corrected chi connectivity index (χ3v) is 4.83. The monoisotopic (exact) mass is 408 g/mol. The summed E-state index contributed by atoms with van der Waals surface area (Å²) in [5, 5.41) is 0. The van der Waals surface area contributed by atoms with Gasteiger partial charge in [0.2, 0.25) is 0 Å². The highest BCUT2D eigenvalue weighted by molar-refractivity contribution is 14.1. The average molecular weight is 408 g/mol. The van der Waals surface area contributed by atoms with Crippen molar-refractivity contribution in [3.8, 4) is 5.75 Å². The minimum absolute atomic E-state index is 0.146. The van der Waals surface area contributed by atoms with Crippen molar-refractivity contribution in [3.05, 3.63) is 56.4 Å². The quantitative estimate of drug-likeness (QED) is 0.506. The number of para-hydroxylation sites is 1. The Labute approximate surface area is 141 Å². The molecule has 5 heteroatoms. The molecule has 1 unspecified atom stereocenters. The highest BCUT2D eigenvalue weighted by atomic mass is 127. The first-order valence-corrected chi connectivity index (χ1v) is 8.32.